The van der Waals surface area contributed by atoms with Crippen LogP contribution >= 0.6 is 15.6 Å². The van der Waals surface area contributed by atoms with Crippen molar-refractivity contribution in [1.29, 1.82) is 0 Å². The summed E-state index contributed by atoms with van der Waals surface area (Å²) in [5.74, 6) is -2.39. The van der Waals surface area contributed by atoms with E-state index in [2.05, 4.69) is 149 Å². The number of unbranched alkanes of at least 4 members (excludes halogenated alkanes) is 19. The largest absolute Gasteiger partial charge is 0.472 e. The minimum atomic E-state index is -5.01. The summed E-state index contributed by atoms with van der Waals surface area (Å²) in [6.07, 6.45) is 78.9. The van der Waals surface area contributed by atoms with Crippen molar-refractivity contribution in [3.05, 3.63) is 146 Å². The third-order valence-corrected chi connectivity index (χ3v) is 16.7. The molecule has 0 radical (unpaired) electrons. The van der Waals surface area contributed by atoms with E-state index < -0.39 is 97.5 Å². The summed E-state index contributed by atoms with van der Waals surface area (Å²) in [5.41, 5.74) is 0. The fourth-order valence-corrected chi connectivity index (χ4v) is 10.8. The van der Waals surface area contributed by atoms with Gasteiger partial charge in [0.25, 0.3) is 0 Å². The molecule has 0 rings (SSSR count). The van der Waals surface area contributed by atoms with E-state index in [9.17, 15) is 43.2 Å². The van der Waals surface area contributed by atoms with Crippen LogP contribution in [0.4, 0.5) is 0 Å². The van der Waals surface area contributed by atoms with Crippen molar-refractivity contribution in [1.82, 2.24) is 0 Å². The van der Waals surface area contributed by atoms with Crippen LogP contribution in [-0.2, 0) is 65.4 Å². The molecule has 5 unspecified atom stereocenters. The van der Waals surface area contributed by atoms with Gasteiger partial charge in [-0.05, 0) is 141 Å². The molecule has 19 heteroatoms. The van der Waals surface area contributed by atoms with Crippen molar-refractivity contribution in [3.63, 3.8) is 0 Å². The number of carbonyl (C=O) groups is 4. The van der Waals surface area contributed by atoms with Crippen LogP contribution in [0.3, 0.4) is 0 Å². The van der Waals surface area contributed by atoms with Crippen LogP contribution in [0.15, 0.2) is 146 Å². The highest BCUT2D eigenvalue weighted by atomic mass is 31.2. The Kier molecular flexibility index (Phi) is 66.7. The van der Waals surface area contributed by atoms with Gasteiger partial charge in [-0.25, -0.2) is 9.13 Å². The second kappa shape index (κ2) is 70.4. The highest BCUT2D eigenvalue weighted by molar-refractivity contribution is 7.47. The van der Waals surface area contributed by atoms with Crippen LogP contribution < -0.4 is 0 Å². The Labute approximate surface area is 592 Å². The second-order valence-electron chi connectivity index (χ2n) is 24.1. The van der Waals surface area contributed by atoms with Gasteiger partial charge in [0.05, 0.1) is 32.8 Å². The summed E-state index contributed by atoms with van der Waals surface area (Å²) in [4.78, 5) is 72.6. The fourth-order valence-electron chi connectivity index (χ4n) is 9.18. The molecule has 5 atom stereocenters. The predicted octanol–water partition coefficient (Wildman–Crippen LogP) is 21.1. The Hall–Kier alpha value is -5.06. The Balaban J connectivity index is 5.45. The Morgan fingerprint density at radius 2 is 0.582 bits per heavy atom. The van der Waals surface area contributed by atoms with Gasteiger partial charge in [0.1, 0.15) is 19.3 Å². The van der Waals surface area contributed by atoms with Crippen LogP contribution in [0.25, 0.3) is 0 Å². The van der Waals surface area contributed by atoms with E-state index in [0.717, 1.165) is 154 Å². The zero-order valence-electron chi connectivity index (χ0n) is 60.7. The highest BCUT2D eigenvalue weighted by Crippen LogP contribution is 2.45. The molecule has 0 heterocycles. The number of carbonyl (C=O) groups excluding carboxylic acids is 4. The molecule has 0 aromatic heterocycles. The maximum absolute atomic E-state index is 13.1. The minimum absolute atomic E-state index is 0.0768. The first-order valence-corrected chi connectivity index (χ1v) is 40.1. The topological polar surface area (TPSA) is 237 Å². The third kappa shape index (κ3) is 69.4. The van der Waals surface area contributed by atoms with Crippen LogP contribution in [0.5, 0.6) is 0 Å². The molecular formula is C79H130O17P2. The van der Waals surface area contributed by atoms with Crippen molar-refractivity contribution in [2.75, 3.05) is 39.6 Å². The van der Waals surface area contributed by atoms with E-state index in [1.54, 1.807) is 12.2 Å². The number of phosphoric acid groups is 2. The van der Waals surface area contributed by atoms with Gasteiger partial charge in [-0.3, -0.25) is 37.3 Å². The lowest BCUT2D eigenvalue weighted by Crippen LogP contribution is -2.30. The van der Waals surface area contributed by atoms with E-state index in [1.807, 2.05) is 12.2 Å². The van der Waals surface area contributed by atoms with Crippen LogP contribution in [0, 0.1) is 0 Å². The molecule has 0 spiro atoms. The molecule has 0 aromatic carbocycles. The van der Waals surface area contributed by atoms with Gasteiger partial charge < -0.3 is 33.8 Å². The van der Waals surface area contributed by atoms with Crippen molar-refractivity contribution in [2.45, 2.75) is 290 Å². The molecule has 17 nitrogen and oxygen atoms in total. The second-order valence-corrected chi connectivity index (χ2v) is 27.0. The Morgan fingerprint density at radius 3 is 0.959 bits per heavy atom. The molecule has 0 aromatic rings. The summed E-state index contributed by atoms with van der Waals surface area (Å²) in [6, 6.07) is 0. The number of esters is 4. The molecular weight excluding hydrogens is 1280 g/mol. The van der Waals surface area contributed by atoms with Crippen molar-refractivity contribution in [2.24, 2.45) is 0 Å². The first-order valence-electron chi connectivity index (χ1n) is 37.1. The summed E-state index contributed by atoms with van der Waals surface area (Å²) >= 11 is 0. The van der Waals surface area contributed by atoms with E-state index >= 15 is 0 Å². The third-order valence-electron chi connectivity index (χ3n) is 14.8. The number of allylic oxidation sites excluding steroid dienone is 23. The zero-order valence-corrected chi connectivity index (χ0v) is 62.4. The molecule has 98 heavy (non-hydrogen) atoms. The van der Waals surface area contributed by atoms with E-state index in [-0.39, 0.29) is 25.7 Å². The normalized spacial score (nSPS) is 14.8. The maximum Gasteiger partial charge on any atom is 0.472 e. The van der Waals surface area contributed by atoms with Gasteiger partial charge >= 0.3 is 39.5 Å². The Bertz CT molecular complexity index is 2430. The molecule has 558 valence electrons. The molecule has 0 aliphatic heterocycles. The molecule has 0 saturated heterocycles. The molecule has 0 saturated carbocycles. The fraction of sp³-hybridized carbons (Fsp3) is 0.646. The average molecular weight is 1410 g/mol. The summed E-state index contributed by atoms with van der Waals surface area (Å²) in [7, 11) is -10.00. The number of aliphatic hydroxyl groups excluding tert-OH is 1. The number of phosphoric ester groups is 2. The van der Waals surface area contributed by atoms with Gasteiger partial charge in [0.15, 0.2) is 12.2 Å². The minimum Gasteiger partial charge on any atom is -0.462 e. The smallest absolute Gasteiger partial charge is 0.462 e. The van der Waals surface area contributed by atoms with Gasteiger partial charge in [0.2, 0.25) is 0 Å². The van der Waals surface area contributed by atoms with Crippen LogP contribution in [0.1, 0.15) is 272 Å². The SMILES string of the molecule is CC/C=C\C/C=C\C/C=C\C/C=C\C/C=C\CCCCCC(=O)OCC(COP(=O)(O)OCC(O)COP(=O)(O)OCC(COC(=O)CCCCCCC/C=C\CCCCCC)OC(=O)CCCCCCC/C=C\CCCC)OC(=O)C/C=C\C/C=C\C/C=C\C/C=C\C/C=C\CC. The zero-order chi connectivity index (χ0) is 71.8. The van der Waals surface area contributed by atoms with Gasteiger partial charge in [-0.1, -0.05) is 251 Å². The molecule has 3 N–H and O–H groups in total. The molecule has 0 aliphatic rings. The summed E-state index contributed by atoms with van der Waals surface area (Å²) in [5, 5.41) is 10.6. The van der Waals surface area contributed by atoms with Crippen LogP contribution in [0.2, 0.25) is 0 Å². The first-order chi connectivity index (χ1) is 47.7. The van der Waals surface area contributed by atoms with Gasteiger partial charge in [0, 0.05) is 19.3 Å². The highest BCUT2D eigenvalue weighted by Gasteiger charge is 2.30. The lowest BCUT2D eigenvalue weighted by atomic mass is 10.1. The monoisotopic (exact) mass is 1410 g/mol. The van der Waals surface area contributed by atoms with Crippen molar-refractivity contribution in [3.8, 4) is 0 Å². The number of ether oxygens (including phenoxy) is 4. The molecule has 0 aliphatic carbocycles. The average Bonchev–Trinajstić information content (AvgIpc) is 0.992. The Morgan fingerprint density at radius 1 is 0.306 bits per heavy atom. The first kappa shape index (κ1) is 92.9. The summed E-state index contributed by atoms with van der Waals surface area (Å²) in [6.45, 7) is 4.39. The summed E-state index contributed by atoms with van der Waals surface area (Å²) < 4.78 is 68.2. The number of rotatable bonds is 68. The molecule has 0 bridgehead atoms. The number of hydrogen-bond donors (Lipinski definition) is 3. The molecule has 0 fully saturated rings. The molecule has 0 amide bonds. The van der Waals surface area contributed by atoms with Gasteiger partial charge in [-0.2, -0.15) is 0 Å². The lowest BCUT2D eigenvalue weighted by Gasteiger charge is -2.21. The van der Waals surface area contributed by atoms with E-state index in [0.29, 0.717) is 25.7 Å². The lowest BCUT2D eigenvalue weighted by molar-refractivity contribution is -0.161. The quantitative estimate of drug-likeness (QED) is 0.0169. The van der Waals surface area contributed by atoms with Crippen molar-refractivity contribution >= 4 is 39.5 Å². The number of aliphatic hydroxyl groups is 1. The van der Waals surface area contributed by atoms with Gasteiger partial charge in [-0.15, -0.1) is 0 Å². The van der Waals surface area contributed by atoms with Crippen LogP contribution in [-0.4, -0.2) is 96.7 Å². The van der Waals surface area contributed by atoms with E-state index in [4.69, 9.17) is 37.0 Å². The standard InChI is InChI=1S/C79H130O17P2/c1-5-9-13-17-21-25-29-32-34-35-36-37-39-41-45-48-52-56-60-64-77(82)90-70-75(96-79(84)66-62-58-54-50-46-42-38-33-30-26-22-18-14-10-6-2)72-94-98(87,88)92-68-73(80)67-91-97(85,86)93-71-74(95-78(83)65-61-57-53-49-43-28-24-20-16-12-8-4)69-89-76(81)63-59-55-51-47-44-40-31-27-23-19-15-11-7-3/h9-10,13-14,20-22,24-27,31-34,36-38,41,45-46,50,58,62,73-75,80H,5-8,11-12,15-19,23,28-30,35,39-40,42-44,47-49,51-57,59-61,63-72H2,1-4H3,(H,85,86)(H,87,88)/b13-9-,14-10-,24-20-,25-21-,26-22-,31-27-,34-32-,37-36-,38-33-,45-41-,50-46-,62-58-. The maximum atomic E-state index is 13.1. The van der Waals surface area contributed by atoms with E-state index in [1.165, 1.54) is 38.5 Å². The van der Waals surface area contributed by atoms with Crippen molar-refractivity contribution < 1.29 is 80.2 Å². The number of hydrogen-bond acceptors (Lipinski definition) is 15. The predicted molar refractivity (Wildman–Crippen MR) is 399 cm³/mol.